The van der Waals surface area contributed by atoms with Crippen LogP contribution in [0.15, 0.2) is 24.3 Å². The summed E-state index contributed by atoms with van der Waals surface area (Å²) in [7, 11) is 0. The van der Waals surface area contributed by atoms with E-state index in [4.69, 9.17) is 9.47 Å². The number of rotatable bonds is 4. The molecule has 0 spiro atoms. The average Bonchev–Trinajstić information content (AvgIpc) is 2.35. The fourth-order valence-electron chi connectivity index (χ4n) is 1.14. The van der Waals surface area contributed by atoms with Gasteiger partial charge in [0.2, 0.25) is 0 Å². The van der Waals surface area contributed by atoms with Crippen molar-refractivity contribution >= 4 is 5.97 Å². The second-order valence-corrected chi connectivity index (χ2v) is 3.34. The van der Waals surface area contributed by atoms with Crippen LogP contribution in [0.25, 0.3) is 0 Å². The lowest BCUT2D eigenvalue weighted by atomic mass is 10.2. The zero-order valence-corrected chi connectivity index (χ0v) is 10.2. The molecule has 0 heterocycles. The van der Waals surface area contributed by atoms with Crippen molar-refractivity contribution < 1.29 is 14.3 Å². The van der Waals surface area contributed by atoms with Gasteiger partial charge in [-0.3, -0.25) is 0 Å². The molecule has 90 valence electrons. The summed E-state index contributed by atoms with van der Waals surface area (Å²) >= 11 is 0. The highest BCUT2D eigenvalue weighted by Crippen LogP contribution is 2.11. The van der Waals surface area contributed by atoms with Gasteiger partial charge in [0.05, 0.1) is 13.2 Å². The van der Waals surface area contributed by atoms with Gasteiger partial charge in [-0.2, -0.15) is 0 Å². The number of benzene rings is 1. The van der Waals surface area contributed by atoms with Crippen LogP contribution in [0.4, 0.5) is 0 Å². The van der Waals surface area contributed by atoms with Crippen LogP contribution in [0.1, 0.15) is 25.8 Å². The molecule has 0 aliphatic heterocycles. The predicted octanol–water partition coefficient (Wildman–Crippen LogP) is 2.39. The molecular formula is C14H16O3. The number of hydrogen-bond acceptors (Lipinski definition) is 3. The summed E-state index contributed by atoms with van der Waals surface area (Å²) in [6.07, 6.45) is 0.977. The molecule has 0 aromatic heterocycles. The zero-order chi connectivity index (χ0) is 12.5. The summed E-state index contributed by atoms with van der Waals surface area (Å²) in [4.78, 5) is 11.0. The van der Waals surface area contributed by atoms with E-state index >= 15 is 0 Å². The molecule has 1 aromatic carbocycles. The van der Waals surface area contributed by atoms with E-state index in [9.17, 15) is 4.79 Å². The molecule has 0 saturated carbocycles. The quantitative estimate of drug-likeness (QED) is 0.590. The highest BCUT2D eigenvalue weighted by atomic mass is 16.5. The Morgan fingerprint density at radius 1 is 1.24 bits per heavy atom. The SMILES string of the molecule is CCCOc1ccc(C#CC(=O)OCC)cc1. The van der Waals surface area contributed by atoms with Gasteiger partial charge >= 0.3 is 5.97 Å². The fourth-order valence-corrected chi connectivity index (χ4v) is 1.14. The Morgan fingerprint density at radius 2 is 1.94 bits per heavy atom. The van der Waals surface area contributed by atoms with Gasteiger partial charge in [-0.15, -0.1) is 0 Å². The molecule has 3 heteroatoms. The molecule has 0 aliphatic carbocycles. The molecule has 1 rings (SSSR count). The predicted molar refractivity (Wildman–Crippen MR) is 65.7 cm³/mol. The Morgan fingerprint density at radius 3 is 2.53 bits per heavy atom. The minimum atomic E-state index is -0.501. The maximum Gasteiger partial charge on any atom is 0.384 e. The van der Waals surface area contributed by atoms with Crippen molar-refractivity contribution in [2.45, 2.75) is 20.3 Å². The lowest BCUT2D eigenvalue weighted by molar-refractivity contribution is -0.136. The molecule has 0 aliphatic rings. The van der Waals surface area contributed by atoms with Gasteiger partial charge in [0.1, 0.15) is 5.75 Å². The van der Waals surface area contributed by atoms with Crippen LogP contribution in [0.2, 0.25) is 0 Å². The summed E-state index contributed by atoms with van der Waals surface area (Å²) in [5.41, 5.74) is 0.766. The first kappa shape index (κ1) is 13.1. The van der Waals surface area contributed by atoms with Gasteiger partial charge in [0.25, 0.3) is 0 Å². The second kappa shape index (κ2) is 7.34. The first-order valence-corrected chi connectivity index (χ1v) is 5.68. The van der Waals surface area contributed by atoms with E-state index in [1.165, 1.54) is 0 Å². The lowest BCUT2D eigenvalue weighted by Crippen LogP contribution is -1.99. The number of ether oxygens (including phenoxy) is 2. The van der Waals surface area contributed by atoms with Gasteiger partial charge < -0.3 is 9.47 Å². The third-order valence-corrected chi connectivity index (χ3v) is 1.91. The van der Waals surface area contributed by atoms with E-state index in [0.29, 0.717) is 13.2 Å². The number of hydrogen-bond donors (Lipinski definition) is 0. The van der Waals surface area contributed by atoms with Gasteiger partial charge in [-0.05, 0) is 37.6 Å². The maximum absolute atomic E-state index is 11.0. The molecule has 0 saturated heterocycles. The maximum atomic E-state index is 11.0. The van der Waals surface area contributed by atoms with Crippen LogP contribution in [0, 0.1) is 11.8 Å². The van der Waals surface area contributed by atoms with Crippen molar-refractivity contribution in [3.05, 3.63) is 29.8 Å². The standard InChI is InChI=1S/C14H16O3/c1-3-11-17-13-8-5-12(6-9-13)7-10-14(15)16-4-2/h5-6,8-9H,3-4,11H2,1-2H3. The topological polar surface area (TPSA) is 35.5 Å². The summed E-state index contributed by atoms with van der Waals surface area (Å²) < 4.78 is 10.1. The molecule has 0 amide bonds. The Kier molecular flexibility index (Phi) is 5.67. The average molecular weight is 232 g/mol. The second-order valence-electron chi connectivity index (χ2n) is 3.34. The Labute approximate surface area is 102 Å². The van der Waals surface area contributed by atoms with Crippen molar-refractivity contribution in [2.24, 2.45) is 0 Å². The Bertz CT molecular complexity index is 409. The van der Waals surface area contributed by atoms with Crippen molar-refractivity contribution in [1.82, 2.24) is 0 Å². The van der Waals surface area contributed by atoms with Crippen LogP contribution >= 0.6 is 0 Å². The molecule has 17 heavy (non-hydrogen) atoms. The van der Waals surface area contributed by atoms with Crippen molar-refractivity contribution in [3.63, 3.8) is 0 Å². The molecule has 0 radical (unpaired) electrons. The van der Waals surface area contributed by atoms with E-state index < -0.39 is 5.97 Å². The molecular weight excluding hydrogens is 216 g/mol. The molecule has 1 aromatic rings. The normalized spacial score (nSPS) is 9.06. The first-order valence-electron chi connectivity index (χ1n) is 5.68. The molecule has 0 bridgehead atoms. The largest absolute Gasteiger partial charge is 0.494 e. The van der Waals surface area contributed by atoms with E-state index in [-0.39, 0.29) is 0 Å². The summed E-state index contributed by atoms with van der Waals surface area (Å²) in [5.74, 6) is 5.46. The Balaban J connectivity index is 2.58. The highest BCUT2D eigenvalue weighted by molar-refractivity contribution is 5.89. The monoisotopic (exact) mass is 232 g/mol. The smallest absolute Gasteiger partial charge is 0.384 e. The summed E-state index contributed by atoms with van der Waals surface area (Å²) in [5, 5.41) is 0. The number of esters is 1. The molecule has 0 fully saturated rings. The molecule has 0 unspecified atom stereocenters. The van der Waals surface area contributed by atoms with Gasteiger partial charge in [-0.1, -0.05) is 12.8 Å². The van der Waals surface area contributed by atoms with Crippen LogP contribution in [-0.4, -0.2) is 19.2 Å². The highest BCUT2D eigenvalue weighted by Gasteiger charge is 1.94. The third kappa shape index (κ3) is 5.07. The van der Waals surface area contributed by atoms with Crippen LogP contribution in [0.5, 0.6) is 5.75 Å². The number of carbonyl (C=O) groups is 1. The summed E-state index contributed by atoms with van der Waals surface area (Å²) in [6.45, 7) is 4.85. The minimum absolute atomic E-state index is 0.345. The van der Waals surface area contributed by atoms with Crippen molar-refractivity contribution in [1.29, 1.82) is 0 Å². The van der Waals surface area contributed by atoms with E-state index in [0.717, 1.165) is 17.7 Å². The molecule has 0 atom stereocenters. The minimum Gasteiger partial charge on any atom is -0.494 e. The first-order chi connectivity index (χ1) is 8.26. The molecule has 0 N–H and O–H groups in total. The van der Waals surface area contributed by atoms with Gasteiger partial charge in [0.15, 0.2) is 0 Å². The Hall–Kier alpha value is -1.95. The summed E-state index contributed by atoms with van der Waals surface area (Å²) in [6, 6.07) is 7.31. The fraction of sp³-hybridized carbons (Fsp3) is 0.357. The van der Waals surface area contributed by atoms with Crippen LogP contribution < -0.4 is 4.74 Å². The number of carbonyl (C=O) groups excluding carboxylic acids is 1. The van der Waals surface area contributed by atoms with Crippen molar-refractivity contribution in [3.8, 4) is 17.6 Å². The third-order valence-electron chi connectivity index (χ3n) is 1.91. The van der Waals surface area contributed by atoms with Crippen molar-refractivity contribution in [2.75, 3.05) is 13.2 Å². The van der Waals surface area contributed by atoms with E-state index in [1.54, 1.807) is 6.92 Å². The zero-order valence-electron chi connectivity index (χ0n) is 10.2. The van der Waals surface area contributed by atoms with E-state index in [1.807, 2.05) is 24.3 Å². The molecule has 3 nitrogen and oxygen atoms in total. The van der Waals surface area contributed by atoms with E-state index in [2.05, 4.69) is 18.8 Å². The van der Waals surface area contributed by atoms with Gasteiger partial charge in [0, 0.05) is 11.5 Å². The van der Waals surface area contributed by atoms with Crippen LogP contribution in [0.3, 0.4) is 0 Å². The lowest BCUT2D eigenvalue weighted by Gasteiger charge is -2.03. The van der Waals surface area contributed by atoms with Crippen LogP contribution in [-0.2, 0) is 9.53 Å². The van der Waals surface area contributed by atoms with Gasteiger partial charge in [-0.25, -0.2) is 4.79 Å².